The van der Waals surface area contributed by atoms with Crippen molar-refractivity contribution in [1.29, 1.82) is 0 Å². The lowest BCUT2D eigenvalue weighted by Crippen LogP contribution is -2.47. The Morgan fingerprint density at radius 3 is 2.04 bits per heavy atom. The van der Waals surface area contributed by atoms with E-state index in [4.69, 9.17) is 0 Å². The fourth-order valence-corrected chi connectivity index (χ4v) is 2.66. The van der Waals surface area contributed by atoms with Crippen LogP contribution in [-0.4, -0.2) is 46.1 Å². The quantitative estimate of drug-likeness (QED) is 0.837. The lowest BCUT2D eigenvalue weighted by atomic mass is 10.3. The fraction of sp³-hybridized carbons (Fsp3) is 0.467. The summed E-state index contributed by atoms with van der Waals surface area (Å²) in [7, 11) is 0. The fourth-order valence-electron chi connectivity index (χ4n) is 2.66. The minimum absolute atomic E-state index is 0.290. The maximum absolute atomic E-state index is 12.8. The molecule has 1 saturated heterocycles. The summed E-state index contributed by atoms with van der Waals surface area (Å²) in [6, 6.07) is 2.89. The first-order chi connectivity index (χ1) is 11.3. The third-order valence-corrected chi connectivity index (χ3v) is 3.80. The van der Waals surface area contributed by atoms with E-state index in [9.17, 15) is 13.2 Å². The van der Waals surface area contributed by atoms with Crippen molar-refractivity contribution in [2.24, 2.45) is 0 Å². The molecule has 3 heterocycles. The molecule has 6 nitrogen and oxygen atoms in total. The molecule has 3 rings (SSSR count). The highest BCUT2D eigenvalue weighted by Crippen LogP contribution is 2.29. The second kappa shape index (κ2) is 6.21. The van der Waals surface area contributed by atoms with E-state index >= 15 is 0 Å². The van der Waals surface area contributed by atoms with Crippen LogP contribution in [0, 0.1) is 13.8 Å². The summed E-state index contributed by atoms with van der Waals surface area (Å²) in [5.74, 6) is 0.948. The lowest BCUT2D eigenvalue weighted by molar-refractivity contribution is -0.141. The first-order valence-electron chi connectivity index (χ1n) is 7.54. The van der Waals surface area contributed by atoms with Crippen LogP contribution in [0.15, 0.2) is 18.5 Å². The summed E-state index contributed by atoms with van der Waals surface area (Å²) in [6.45, 7) is 6.15. The Labute approximate surface area is 137 Å². The monoisotopic (exact) mass is 338 g/mol. The van der Waals surface area contributed by atoms with E-state index in [1.807, 2.05) is 29.7 Å². The molecule has 0 N–H and O–H groups in total. The number of hydrogen-bond donors (Lipinski definition) is 0. The third-order valence-electron chi connectivity index (χ3n) is 3.80. The molecule has 128 valence electrons. The number of piperazine rings is 1. The van der Waals surface area contributed by atoms with Crippen LogP contribution in [0.3, 0.4) is 0 Å². The average molecular weight is 338 g/mol. The van der Waals surface area contributed by atoms with Gasteiger partial charge in [0.25, 0.3) is 0 Å². The average Bonchev–Trinajstić information content (AvgIpc) is 2.53. The molecule has 0 aliphatic carbocycles. The molecule has 0 bridgehead atoms. The first-order valence-corrected chi connectivity index (χ1v) is 7.54. The van der Waals surface area contributed by atoms with Crippen molar-refractivity contribution in [1.82, 2.24) is 19.9 Å². The summed E-state index contributed by atoms with van der Waals surface area (Å²) >= 11 is 0. The van der Waals surface area contributed by atoms with Crippen molar-refractivity contribution < 1.29 is 13.2 Å². The van der Waals surface area contributed by atoms with Crippen molar-refractivity contribution in [2.45, 2.75) is 20.0 Å². The molecule has 0 aromatic carbocycles. The number of anilines is 2. The topological polar surface area (TPSA) is 58.0 Å². The van der Waals surface area contributed by atoms with Gasteiger partial charge in [0.2, 0.25) is 5.95 Å². The number of rotatable bonds is 2. The lowest BCUT2D eigenvalue weighted by Gasteiger charge is -2.35. The van der Waals surface area contributed by atoms with Gasteiger partial charge in [-0.05, 0) is 19.9 Å². The van der Waals surface area contributed by atoms with E-state index in [0.29, 0.717) is 37.9 Å². The van der Waals surface area contributed by atoms with E-state index in [2.05, 4.69) is 19.9 Å². The Morgan fingerprint density at radius 1 is 0.875 bits per heavy atom. The summed E-state index contributed by atoms with van der Waals surface area (Å²) in [4.78, 5) is 20.0. The Hall–Kier alpha value is -2.45. The van der Waals surface area contributed by atoms with Gasteiger partial charge in [-0.15, -0.1) is 0 Å². The maximum Gasteiger partial charge on any atom is 0.433 e. The highest BCUT2D eigenvalue weighted by Gasteiger charge is 2.33. The van der Waals surface area contributed by atoms with Gasteiger partial charge >= 0.3 is 6.18 Å². The maximum atomic E-state index is 12.8. The molecule has 1 aliphatic heterocycles. The summed E-state index contributed by atoms with van der Waals surface area (Å²) in [6.07, 6.45) is -3.51. The predicted molar refractivity (Wildman–Crippen MR) is 83.0 cm³/mol. The van der Waals surface area contributed by atoms with Gasteiger partial charge in [-0.1, -0.05) is 0 Å². The number of nitrogens with zero attached hydrogens (tertiary/aromatic N) is 6. The summed E-state index contributed by atoms with van der Waals surface area (Å²) in [5.41, 5.74) is 0.865. The van der Waals surface area contributed by atoms with E-state index in [0.717, 1.165) is 23.8 Å². The molecule has 0 spiro atoms. The van der Waals surface area contributed by atoms with Crippen LogP contribution in [0.1, 0.15) is 17.1 Å². The molecule has 24 heavy (non-hydrogen) atoms. The SMILES string of the molecule is Cc1cc(C)nc(N2CCN(c3cc(C(F)(F)F)ncn3)CC2)n1. The highest BCUT2D eigenvalue weighted by molar-refractivity contribution is 5.43. The largest absolute Gasteiger partial charge is 0.433 e. The van der Waals surface area contributed by atoms with Crippen molar-refractivity contribution >= 4 is 11.8 Å². The normalized spacial score (nSPS) is 15.7. The van der Waals surface area contributed by atoms with Crippen molar-refractivity contribution in [3.05, 3.63) is 35.5 Å². The second-order valence-corrected chi connectivity index (χ2v) is 5.68. The van der Waals surface area contributed by atoms with Gasteiger partial charge in [0.1, 0.15) is 17.8 Å². The molecule has 0 atom stereocenters. The molecule has 0 radical (unpaired) electrons. The molecule has 1 aliphatic rings. The van der Waals surface area contributed by atoms with Gasteiger partial charge in [-0.2, -0.15) is 13.2 Å². The van der Waals surface area contributed by atoms with Gasteiger partial charge in [-0.25, -0.2) is 19.9 Å². The van der Waals surface area contributed by atoms with Gasteiger partial charge in [0.15, 0.2) is 0 Å². The first kappa shape index (κ1) is 16.4. The predicted octanol–water partition coefficient (Wildman–Crippen LogP) is 2.23. The molecular formula is C15H17F3N6. The van der Waals surface area contributed by atoms with Crippen molar-refractivity contribution in [2.75, 3.05) is 36.0 Å². The smallest absolute Gasteiger partial charge is 0.353 e. The van der Waals surface area contributed by atoms with Crippen LogP contribution >= 0.6 is 0 Å². The van der Waals surface area contributed by atoms with E-state index in [1.165, 1.54) is 0 Å². The number of aromatic nitrogens is 4. The summed E-state index contributed by atoms with van der Waals surface area (Å²) in [5, 5.41) is 0. The second-order valence-electron chi connectivity index (χ2n) is 5.68. The molecule has 1 fully saturated rings. The van der Waals surface area contributed by atoms with Crippen LogP contribution in [0.4, 0.5) is 24.9 Å². The van der Waals surface area contributed by atoms with E-state index in [1.54, 1.807) is 0 Å². The van der Waals surface area contributed by atoms with Gasteiger partial charge in [0, 0.05) is 43.6 Å². The van der Waals surface area contributed by atoms with Gasteiger partial charge in [-0.3, -0.25) is 0 Å². The Balaban J connectivity index is 1.71. The Kier molecular flexibility index (Phi) is 4.25. The van der Waals surface area contributed by atoms with Gasteiger partial charge < -0.3 is 9.80 Å². The van der Waals surface area contributed by atoms with Crippen LogP contribution in [0.25, 0.3) is 0 Å². The molecular weight excluding hydrogens is 321 g/mol. The minimum Gasteiger partial charge on any atom is -0.353 e. The highest BCUT2D eigenvalue weighted by atomic mass is 19.4. The van der Waals surface area contributed by atoms with Crippen LogP contribution < -0.4 is 9.80 Å². The molecule has 0 unspecified atom stereocenters. The minimum atomic E-state index is -4.47. The summed E-state index contributed by atoms with van der Waals surface area (Å²) < 4.78 is 38.3. The number of hydrogen-bond acceptors (Lipinski definition) is 6. The molecule has 2 aromatic rings. The zero-order valence-corrected chi connectivity index (χ0v) is 13.4. The standard InChI is InChI=1S/C15H17F3N6/c1-10-7-11(2)22-14(21-10)24-5-3-23(4-6-24)13-8-12(15(16,17)18)19-9-20-13/h7-9H,3-6H2,1-2H3. The molecule has 2 aromatic heterocycles. The van der Waals surface area contributed by atoms with E-state index in [-0.39, 0.29) is 0 Å². The van der Waals surface area contributed by atoms with Crippen molar-refractivity contribution in [3.8, 4) is 0 Å². The Morgan fingerprint density at radius 2 is 1.46 bits per heavy atom. The molecule has 0 amide bonds. The Bertz CT molecular complexity index is 705. The van der Waals surface area contributed by atoms with Crippen LogP contribution in [0.2, 0.25) is 0 Å². The molecule has 9 heteroatoms. The third kappa shape index (κ3) is 3.55. The van der Waals surface area contributed by atoms with Crippen LogP contribution in [-0.2, 0) is 6.18 Å². The van der Waals surface area contributed by atoms with Gasteiger partial charge in [0.05, 0.1) is 0 Å². The van der Waals surface area contributed by atoms with E-state index < -0.39 is 11.9 Å². The molecule has 0 saturated carbocycles. The zero-order chi connectivity index (χ0) is 17.3. The number of halogens is 3. The number of alkyl halides is 3. The van der Waals surface area contributed by atoms with Crippen LogP contribution in [0.5, 0.6) is 0 Å². The van der Waals surface area contributed by atoms with Crippen molar-refractivity contribution in [3.63, 3.8) is 0 Å². The zero-order valence-electron chi connectivity index (χ0n) is 13.4. The number of aryl methyl sites for hydroxylation is 2.